The van der Waals surface area contributed by atoms with Gasteiger partial charge in [-0.25, -0.2) is 0 Å². The van der Waals surface area contributed by atoms with Crippen molar-refractivity contribution >= 4 is 28.6 Å². The van der Waals surface area contributed by atoms with Gasteiger partial charge in [-0.3, -0.25) is 4.79 Å². The third-order valence-electron chi connectivity index (χ3n) is 2.47. The van der Waals surface area contributed by atoms with Crippen LogP contribution in [0.15, 0.2) is 0 Å². The van der Waals surface area contributed by atoms with E-state index in [1.165, 1.54) is 12.8 Å². The monoisotopic (exact) mass is 268 g/mol. The van der Waals surface area contributed by atoms with Crippen LogP contribution in [0.3, 0.4) is 0 Å². The Morgan fingerprint density at radius 3 is 2.36 bits per heavy atom. The van der Waals surface area contributed by atoms with Crippen LogP contribution in [0.1, 0.15) is 32.1 Å². The van der Waals surface area contributed by atoms with Crippen LogP contribution in [0, 0.1) is 5.41 Å². The number of carboxylic acid groups (broad SMARTS) is 1. The van der Waals surface area contributed by atoms with Crippen molar-refractivity contribution in [1.82, 2.24) is 0 Å². The Labute approximate surface area is 80.5 Å². The summed E-state index contributed by atoms with van der Waals surface area (Å²) in [7, 11) is 0. The molecule has 0 aromatic carbocycles. The first-order valence-electron chi connectivity index (χ1n) is 3.96. The van der Waals surface area contributed by atoms with E-state index in [9.17, 15) is 4.79 Å². The molecule has 0 aromatic heterocycles. The summed E-state index contributed by atoms with van der Waals surface area (Å²) in [4.78, 5) is 10.5. The highest BCUT2D eigenvalue weighted by atomic mass is 127. The van der Waals surface area contributed by atoms with Crippen LogP contribution in [-0.2, 0) is 4.79 Å². The molecule has 0 radical (unpaired) electrons. The maximum absolute atomic E-state index is 10.5. The number of carboxylic acids is 1. The summed E-state index contributed by atoms with van der Waals surface area (Å²) in [6, 6.07) is 0. The lowest BCUT2D eigenvalue weighted by Gasteiger charge is -2.23. The van der Waals surface area contributed by atoms with Crippen LogP contribution in [0.25, 0.3) is 0 Å². The van der Waals surface area contributed by atoms with E-state index < -0.39 is 5.97 Å². The number of hydrogen-bond donors (Lipinski definition) is 1. The SMILES string of the molecule is O=C(O)CC1(CI)CCCC1. The summed E-state index contributed by atoms with van der Waals surface area (Å²) < 4.78 is 0.997. The summed E-state index contributed by atoms with van der Waals surface area (Å²) in [5.74, 6) is -0.636. The molecule has 0 aromatic rings. The Bertz CT molecular complexity index is 150. The molecule has 0 spiro atoms. The predicted octanol–water partition coefficient (Wildman–Crippen LogP) is 2.46. The van der Waals surface area contributed by atoms with Gasteiger partial charge >= 0.3 is 5.97 Å². The van der Waals surface area contributed by atoms with Gasteiger partial charge in [0.15, 0.2) is 0 Å². The molecule has 0 atom stereocenters. The molecule has 3 heteroatoms. The Kier molecular flexibility index (Phi) is 3.16. The van der Waals surface area contributed by atoms with Gasteiger partial charge < -0.3 is 5.11 Å². The highest BCUT2D eigenvalue weighted by Crippen LogP contribution is 2.42. The Morgan fingerprint density at radius 1 is 1.45 bits per heavy atom. The number of hydrogen-bond acceptors (Lipinski definition) is 1. The highest BCUT2D eigenvalue weighted by molar-refractivity contribution is 14.1. The molecule has 1 aliphatic carbocycles. The van der Waals surface area contributed by atoms with Crippen molar-refractivity contribution in [3.8, 4) is 0 Å². The molecule has 1 saturated carbocycles. The van der Waals surface area contributed by atoms with Crippen molar-refractivity contribution in [3.05, 3.63) is 0 Å². The summed E-state index contributed by atoms with van der Waals surface area (Å²) in [6.07, 6.45) is 5.03. The molecule has 11 heavy (non-hydrogen) atoms. The summed E-state index contributed by atoms with van der Waals surface area (Å²) in [5.41, 5.74) is 0.145. The first kappa shape index (κ1) is 9.29. The fourth-order valence-corrected chi connectivity index (χ4v) is 2.84. The molecule has 1 aliphatic rings. The summed E-state index contributed by atoms with van der Waals surface area (Å²) >= 11 is 2.31. The number of alkyl halides is 1. The Hall–Kier alpha value is 0.200. The average Bonchev–Trinajstić information content (AvgIpc) is 2.36. The quantitative estimate of drug-likeness (QED) is 0.630. The zero-order chi connectivity index (χ0) is 8.32. The predicted molar refractivity (Wildman–Crippen MR) is 52.0 cm³/mol. The number of rotatable bonds is 3. The topological polar surface area (TPSA) is 37.3 Å². The molecule has 0 amide bonds. The maximum atomic E-state index is 10.5. The van der Waals surface area contributed by atoms with Crippen LogP contribution in [-0.4, -0.2) is 15.5 Å². The highest BCUT2D eigenvalue weighted by Gasteiger charge is 2.34. The molecule has 1 N–H and O–H groups in total. The normalized spacial score (nSPS) is 21.9. The molecule has 0 unspecified atom stereocenters. The third kappa shape index (κ3) is 2.32. The van der Waals surface area contributed by atoms with Gasteiger partial charge in [0.1, 0.15) is 0 Å². The fourth-order valence-electron chi connectivity index (χ4n) is 1.80. The number of aliphatic carboxylic acids is 1. The van der Waals surface area contributed by atoms with Crippen LogP contribution < -0.4 is 0 Å². The second-order valence-corrected chi connectivity index (χ2v) is 4.17. The second-order valence-electron chi connectivity index (χ2n) is 3.41. The third-order valence-corrected chi connectivity index (χ3v) is 4.09. The first-order chi connectivity index (χ1) is 5.18. The van der Waals surface area contributed by atoms with Gasteiger partial charge in [-0.05, 0) is 18.3 Å². The van der Waals surface area contributed by atoms with Gasteiger partial charge in [0.2, 0.25) is 0 Å². The maximum Gasteiger partial charge on any atom is 0.303 e. The van der Waals surface area contributed by atoms with E-state index in [4.69, 9.17) is 5.11 Å². The Balaban J connectivity index is 2.52. The summed E-state index contributed by atoms with van der Waals surface area (Å²) in [5, 5.41) is 8.67. The van der Waals surface area contributed by atoms with Crippen molar-refractivity contribution < 1.29 is 9.90 Å². The lowest BCUT2D eigenvalue weighted by molar-refractivity contribution is -0.139. The van der Waals surface area contributed by atoms with Crippen LogP contribution in [0.4, 0.5) is 0 Å². The molecule has 1 fully saturated rings. The molecule has 64 valence electrons. The molecule has 0 aliphatic heterocycles. The first-order valence-corrected chi connectivity index (χ1v) is 5.49. The van der Waals surface area contributed by atoms with Gasteiger partial charge in [0.25, 0.3) is 0 Å². The standard InChI is InChI=1S/C8H13IO2/c9-6-8(5-7(10)11)3-1-2-4-8/h1-6H2,(H,10,11). The van der Waals surface area contributed by atoms with Crippen LogP contribution in [0.2, 0.25) is 0 Å². The van der Waals surface area contributed by atoms with Crippen molar-refractivity contribution in [2.45, 2.75) is 32.1 Å². The number of carbonyl (C=O) groups is 1. The molecular weight excluding hydrogens is 255 g/mol. The van der Waals surface area contributed by atoms with Crippen LogP contribution in [0.5, 0.6) is 0 Å². The van der Waals surface area contributed by atoms with E-state index in [0.717, 1.165) is 17.3 Å². The van der Waals surface area contributed by atoms with Gasteiger partial charge in [-0.15, -0.1) is 0 Å². The summed E-state index contributed by atoms with van der Waals surface area (Å²) in [6.45, 7) is 0. The van der Waals surface area contributed by atoms with E-state index >= 15 is 0 Å². The zero-order valence-electron chi connectivity index (χ0n) is 6.48. The molecule has 0 heterocycles. The van der Waals surface area contributed by atoms with Crippen LogP contribution >= 0.6 is 22.6 Å². The van der Waals surface area contributed by atoms with Gasteiger partial charge in [0.05, 0.1) is 6.42 Å². The molecule has 1 rings (SSSR count). The smallest absolute Gasteiger partial charge is 0.303 e. The zero-order valence-corrected chi connectivity index (χ0v) is 8.63. The van der Waals surface area contributed by atoms with Gasteiger partial charge in [-0.2, -0.15) is 0 Å². The van der Waals surface area contributed by atoms with Gasteiger partial charge in [-0.1, -0.05) is 35.4 Å². The van der Waals surface area contributed by atoms with E-state index in [-0.39, 0.29) is 5.41 Å². The fraction of sp³-hybridized carbons (Fsp3) is 0.875. The number of halogens is 1. The lowest BCUT2D eigenvalue weighted by atomic mass is 9.85. The van der Waals surface area contributed by atoms with Gasteiger partial charge in [0, 0.05) is 4.43 Å². The van der Waals surface area contributed by atoms with E-state index in [1.54, 1.807) is 0 Å². The minimum Gasteiger partial charge on any atom is -0.481 e. The van der Waals surface area contributed by atoms with Crippen molar-refractivity contribution in [2.24, 2.45) is 5.41 Å². The lowest BCUT2D eigenvalue weighted by Crippen LogP contribution is -2.22. The molecule has 2 nitrogen and oxygen atoms in total. The van der Waals surface area contributed by atoms with Crippen molar-refractivity contribution in [2.75, 3.05) is 4.43 Å². The van der Waals surface area contributed by atoms with E-state index in [1.807, 2.05) is 0 Å². The van der Waals surface area contributed by atoms with E-state index in [2.05, 4.69) is 22.6 Å². The van der Waals surface area contributed by atoms with Crippen molar-refractivity contribution in [3.63, 3.8) is 0 Å². The molecule has 0 bridgehead atoms. The average molecular weight is 268 g/mol. The molecule has 0 saturated heterocycles. The van der Waals surface area contributed by atoms with E-state index in [0.29, 0.717) is 6.42 Å². The second kappa shape index (κ2) is 3.74. The largest absolute Gasteiger partial charge is 0.481 e. The van der Waals surface area contributed by atoms with Crippen molar-refractivity contribution in [1.29, 1.82) is 0 Å². The minimum absolute atomic E-state index is 0.145. The molecular formula is C8H13IO2. The minimum atomic E-state index is -0.636. The Morgan fingerprint density at radius 2 is 2.00 bits per heavy atom.